The van der Waals surface area contributed by atoms with Gasteiger partial charge in [-0.05, 0) is 48.5 Å². The van der Waals surface area contributed by atoms with Crippen LogP contribution in [-0.4, -0.2) is 14.8 Å². The van der Waals surface area contributed by atoms with Gasteiger partial charge in [-0.3, -0.25) is 0 Å². The van der Waals surface area contributed by atoms with Gasteiger partial charge in [0.2, 0.25) is 6.71 Å². The van der Waals surface area contributed by atoms with Crippen molar-refractivity contribution in [1.29, 1.82) is 0 Å². The van der Waals surface area contributed by atoms with Crippen molar-refractivity contribution < 1.29 is 9.47 Å². The highest BCUT2D eigenvalue weighted by molar-refractivity contribution is 7.19. The van der Waals surface area contributed by atoms with Crippen LogP contribution >= 0.6 is 0 Å². The second-order valence-corrected chi connectivity index (χ2v) is 17.1. The van der Waals surface area contributed by atoms with Crippen molar-refractivity contribution in [2.45, 2.75) is 0 Å². The van der Waals surface area contributed by atoms with E-state index >= 15 is 0 Å². The molecule has 0 N–H and O–H groups in total. The number of nitrogens with zero attached hydrogens (tertiary/aromatic N) is 2. The largest absolute Gasteiger partial charge is 0.453 e. The molecule has 0 aliphatic carbocycles. The smallest absolute Gasteiger partial charge is 0.240 e. The molecule has 244 valence electrons. The van der Waals surface area contributed by atoms with Gasteiger partial charge >= 0.3 is 0 Å². The van der Waals surface area contributed by atoms with Crippen LogP contribution in [0.2, 0.25) is 0 Å². The van der Waals surface area contributed by atoms with Gasteiger partial charge in [-0.15, -0.1) is 0 Å². The summed E-state index contributed by atoms with van der Waals surface area (Å²) in [5, 5.41) is 2.83. The first-order chi connectivity index (χ1) is 25.8. The average molecular weight is 683 g/mol. The van der Waals surface area contributed by atoms with Gasteiger partial charge in [-0.25, -0.2) is 0 Å². The Balaban J connectivity index is 1.25. The predicted octanol–water partition coefficient (Wildman–Crippen LogP) is 7.83. The third kappa shape index (κ3) is 4.16. The van der Waals surface area contributed by atoms with E-state index < -0.39 is 8.07 Å². The minimum Gasteiger partial charge on any atom is -0.453 e. The van der Waals surface area contributed by atoms with Crippen molar-refractivity contribution in [2.75, 3.05) is 9.80 Å². The molecule has 1 spiro atoms. The molecule has 4 aliphatic heterocycles. The molecule has 0 atom stereocenters. The lowest BCUT2D eigenvalue weighted by Crippen LogP contribution is -2.77. The van der Waals surface area contributed by atoms with Crippen LogP contribution in [0.15, 0.2) is 199 Å². The highest BCUT2D eigenvalue weighted by atomic mass is 28.3. The number of fused-ring (bicyclic) bond motifs is 8. The molecule has 0 unspecified atom stereocenters. The van der Waals surface area contributed by atoms with Crippen LogP contribution in [-0.2, 0) is 0 Å². The van der Waals surface area contributed by atoms with Crippen molar-refractivity contribution in [3.8, 4) is 23.0 Å². The Morgan fingerprint density at radius 2 is 0.712 bits per heavy atom. The lowest BCUT2D eigenvalue weighted by atomic mass is 9.36. The molecular weight excluding hydrogens is 651 g/mol. The Morgan fingerprint density at radius 3 is 1.13 bits per heavy atom. The number of ether oxygens (including phenoxy) is 2. The Labute approximate surface area is 304 Å². The number of hydrogen-bond acceptors (Lipinski definition) is 4. The minimum absolute atomic E-state index is 0.135. The fourth-order valence-corrected chi connectivity index (χ4v) is 13.4. The number of hydrogen-bond donors (Lipinski definition) is 0. The SMILES string of the molecule is C1=C(N2c3ccccc3Oc3ccccc32)C(N2c3ccccc3Oc3ccccc32)=C[Si]12c1ccccc1B(c1ccccc1)c1ccccc12. The van der Waals surface area contributed by atoms with Crippen molar-refractivity contribution in [3.63, 3.8) is 0 Å². The lowest BCUT2D eigenvalue weighted by Gasteiger charge is -2.39. The van der Waals surface area contributed by atoms with Gasteiger partial charge in [0.1, 0.15) is 0 Å². The van der Waals surface area contributed by atoms with Gasteiger partial charge in [0, 0.05) is 0 Å². The maximum Gasteiger partial charge on any atom is 0.240 e. The van der Waals surface area contributed by atoms with E-state index in [1.165, 1.54) is 26.8 Å². The van der Waals surface area contributed by atoms with Gasteiger partial charge < -0.3 is 19.3 Å². The molecule has 4 aliphatic rings. The van der Waals surface area contributed by atoms with Crippen LogP contribution in [0.4, 0.5) is 22.7 Å². The molecule has 7 aromatic rings. The molecule has 0 radical (unpaired) electrons. The third-order valence-corrected chi connectivity index (χ3v) is 15.1. The molecule has 6 heteroatoms. The molecule has 0 saturated heterocycles. The maximum absolute atomic E-state index is 6.56. The molecule has 52 heavy (non-hydrogen) atoms. The highest BCUT2D eigenvalue weighted by Crippen LogP contribution is 2.55. The van der Waals surface area contributed by atoms with E-state index in [1.807, 2.05) is 24.3 Å². The Hall–Kier alpha value is -6.50. The molecule has 7 aromatic carbocycles. The molecule has 0 amide bonds. The van der Waals surface area contributed by atoms with Gasteiger partial charge in [0.05, 0.1) is 34.1 Å². The standard InChI is InChI=1S/C46H31BN2O2Si/c1-2-16-32(17-3-1)47-33-18-4-14-28-45(33)52(46-29-15-5-19-34(46)47)30-39(48-35-20-6-10-24-41(35)50-42-25-11-7-21-36(42)48)40(31-52)49-37-22-8-12-26-43(37)51-44-27-13-9-23-38(44)49/h1-31H. The summed E-state index contributed by atoms with van der Waals surface area (Å²) in [5.41, 5.74) is 15.6. The summed E-state index contributed by atoms with van der Waals surface area (Å²) in [6, 6.07) is 62.9. The number of rotatable bonds is 3. The first kappa shape index (κ1) is 29.3. The number of benzene rings is 7. The van der Waals surface area contributed by atoms with Gasteiger partial charge in [-0.1, -0.05) is 166 Å². The van der Waals surface area contributed by atoms with Crippen LogP contribution in [0.5, 0.6) is 23.0 Å². The second kappa shape index (κ2) is 11.3. The molecule has 0 fully saturated rings. The minimum atomic E-state index is -2.80. The summed E-state index contributed by atoms with van der Waals surface area (Å²) in [6.45, 7) is 0.135. The molecule has 0 saturated carbocycles. The molecule has 11 rings (SSSR count). The fourth-order valence-electron chi connectivity index (χ4n) is 8.79. The molecular formula is C46H31BN2O2Si. The Morgan fingerprint density at radius 1 is 0.365 bits per heavy atom. The summed E-state index contributed by atoms with van der Waals surface area (Å²) in [7, 11) is -2.80. The van der Waals surface area contributed by atoms with Crippen LogP contribution in [0, 0.1) is 0 Å². The topological polar surface area (TPSA) is 24.9 Å². The first-order valence-electron chi connectivity index (χ1n) is 17.8. The zero-order chi connectivity index (χ0) is 34.2. The Bertz CT molecular complexity index is 2380. The van der Waals surface area contributed by atoms with Gasteiger partial charge in [0.25, 0.3) is 0 Å². The highest BCUT2D eigenvalue weighted by Gasteiger charge is 2.50. The van der Waals surface area contributed by atoms with Crippen LogP contribution < -0.4 is 46.0 Å². The summed E-state index contributed by atoms with van der Waals surface area (Å²) >= 11 is 0. The third-order valence-electron chi connectivity index (χ3n) is 10.9. The predicted molar refractivity (Wildman–Crippen MR) is 215 cm³/mol. The summed E-state index contributed by atoms with van der Waals surface area (Å²) in [5.74, 6) is 3.33. The summed E-state index contributed by atoms with van der Waals surface area (Å²) < 4.78 is 13.1. The summed E-state index contributed by atoms with van der Waals surface area (Å²) in [4.78, 5) is 4.86. The quantitative estimate of drug-likeness (QED) is 0.178. The van der Waals surface area contributed by atoms with Crippen LogP contribution in [0.1, 0.15) is 0 Å². The number of anilines is 4. The van der Waals surface area contributed by atoms with Crippen LogP contribution in [0.3, 0.4) is 0 Å². The Kier molecular flexibility index (Phi) is 6.33. The molecule has 4 nitrogen and oxygen atoms in total. The van der Waals surface area contributed by atoms with Crippen molar-refractivity contribution in [1.82, 2.24) is 0 Å². The molecule has 4 heterocycles. The number of para-hydroxylation sites is 8. The van der Waals surface area contributed by atoms with Gasteiger partial charge in [-0.2, -0.15) is 0 Å². The first-order valence-corrected chi connectivity index (χ1v) is 20.0. The maximum atomic E-state index is 6.56. The lowest BCUT2D eigenvalue weighted by molar-refractivity contribution is 0.474. The molecule has 0 aromatic heterocycles. The normalized spacial score (nSPS) is 15.5. The average Bonchev–Trinajstić information content (AvgIpc) is 3.59. The van der Waals surface area contributed by atoms with Crippen molar-refractivity contribution in [2.24, 2.45) is 0 Å². The van der Waals surface area contributed by atoms with E-state index in [-0.39, 0.29) is 6.71 Å². The van der Waals surface area contributed by atoms with Crippen molar-refractivity contribution >= 4 is 64.3 Å². The zero-order valence-electron chi connectivity index (χ0n) is 28.2. The van der Waals surface area contributed by atoms with E-state index in [0.29, 0.717) is 0 Å². The van der Waals surface area contributed by atoms with E-state index in [9.17, 15) is 0 Å². The van der Waals surface area contributed by atoms with Crippen molar-refractivity contribution in [3.05, 3.63) is 199 Å². The second-order valence-electron chi connectivity index (χ2n) is 13.7. The monoisotopic (exact) mass is 682 g/mol. The van der Waals surface area contributed by atoms with E-state index in [0.717, 1.165) is 57.1 Å². The zero-order valence-corrected chi connectivity index (χ0v) is 29.2. The van der Waals surface area contributed by atoms with E-state index in [1.54, 1.807) is 0 Å². The fraction of sp³-hybridized carbons (Fsp3) is 0. The van der Waals surface area contributed by atoms with Gasteiger partial charge in [0.15, 0.2) is 31.1 Å². The van der Waals surface area contributed by atoms with E-state index in [4.69, 9.17) is 9.47 Å². The molecule has 0 bridgehead atoms. The summed E-state index contributed by atoms with van der Waals surface area (Å²) in [6.07, 6.45) is 0. The van der Waals surface area contributed by atoms with E-state index in [2.05, 4.69) is 173 Å². The van der Waals surface area contributed by atoms with Crippen LogP contribution in [0.25, 0.3) is 0 Å².